The second kappa shape index (κ2) is 4.99. The molecule has 0 aromatic carbocycles. The Labute approximate surface area is 99.8 Å². The zero-order valence-electron chi connectivity index (χ0n) is 9.19. The molecule has 2 rings (SSSR count). The number of hydrogen-bond acceptors (Lipinski definition) is 4. The van der Waals surface area contributed by atoms with Crippen molar-refractivity contribution in [3.8, 4) is 0 Å². The van der Waals surface area contributed by atoms with Gasteiger partial charge in [-0.3, -0.25) is 0 Å². The van der Waals surface area contributed by atoms with E-state index in [0.717, 1.165) is 18.9 Å². The van der Waals surface area contributed by atoms with Crippen LogP contribution in [0.1, 0.15) is 12.5 Å². The lowest BCUT2D eigenvalue weighted by Crippen LogP contribution is -2.41. The molecule has 0 amide bonds. The number of morpholine rings is 1. The summed E-state index contributed by atoms with van der Waals surface area (Å²) in [4.78, 5) is 6.41. The molecule has 0 radical (unpaired) electrons. The van der Waals surface area contributed by atoms with Gasteiger partial charge in [0, 0.05) is 24.8 Å². The Kier molecular flexibility index (Phi) is 3.63. The van der Waals surface area contributed by atoms with Crippen LogP contribution in [0.25, 0.3) is 0 Å². The summed E-state index contributed by atoms with van der Waals surface area (Å²) in [6.45, 7) is 4.33. The van der Waals surface area contributed by atoms with Crippen molar-refractivity contribution in [1.82, 2.24) is 4.98 Å². The molecule has 0 spiro atoms. The first kappa shape index (κ1) is 11.6. The standard InChI is InChI=1S/C11H15ClN2O2/c1-8-6-14(2-3-16-8)11-4-9(7-15)10(12)5-13-11/h4-5,8,15H,2-3,6-7H2,1H3. The molecule has 1 aromatic rings. The quantitative estimate of drug-likeness (QED) is 0.853. The molecule has 2 heterocycles. The van der Waals surface area contributed by atoms with Crippen molar-refractivity contribution in [3.63, 3.8) is 0 Å². The van der Waals surface area contributed by atoms with Gasteiger partial charge in [0.05, 0.1) is 24.3 Å². The number of aromatic nitrogens is 1. The van der Waals surface area contributed by atoms with Gasteiger partial charge in [-0.1, -0.05) is 11.6 Å². The maximum absolute atomic E-state index is 9.14. The molecule has 1 aromatic heterocycles. The molecule has 1 aliphatic rings. The first-order valence-electron chi connectivity index (χ1n) is 5.32. The fourth-order valence-electron chi connectivity index (χ4n) is 1.79. The molecule has 0 aliphatic carbocycles. The maximum atomic E-state index is 9.14. The summed E-state index contributed by atoms with van der Waals surface area (Å²) in [5.74, 6) is 0.851. The molecule has 1 N–H and O–H groups in total. The summed E-state index contributed by atoms with van der Waals surface area (Å²) < 4.78 is 5.46. The van der Waals surface area contributed by atoms with Crippen molar-refractivity contribution in [2.45, 2.75) is 19.6 Å². The van der Waals surface area contributed by atoms with Crippen LogP contribution in [0.5, 0.6) is 0 Å². The first-order valence-corrected chi connectivity index (χ1v) is 5.70. The number of aliphatic hydroxyl groups excluding tert-OH is 1. The zero-order valence-corrected chi connectivity index (χ0v) is 9.94. The molecule has 16 heavy (non-hydrogen) atoms. The third-order valence-electron chi connectivity index (χ3n) is 2.66. The van der Waals surface area contributed by atoms with E-state index in [1.54, 1.807) is 6.20 Å². The first-order chi connectivity index (χ1) is 7.70. The number of ether oxygens (including phenoxy) is 1. The van der Waals surface area contributed by atoms with Crippen LogP contribution in [0.4, 0.5) is 5.82 Å². The lowest BCUT2D eigenvalue weighted by atomic mass is 10.2. The predicted molar refractivity (Wildman–Crippen MR) is 62.8 cm³/mol. The molecule has 1 aliphatic heterocycles. The molecular weight excluding hydrogens is 228 g/mol. The van der Waals surface area contributed by atoms with E-state index in [0.29, 0.717) is 17.2 Å². The largest absolute Gasteiger partial charge is 0.392 e. The van der Waals surface area contributed by atoms with Crippen molar-refractivity contribution in [2.24, 2.45) is 0 Å². The number of pyridine rings is 1. The molecular formula is C11H15ClN2O2. The number of hydrogen-bond donors (Lipinski definition) is 1. The summed E-state index contributed by atoms with van der Waals surface area (Å²) in [5, 5.41) is 9.64. The second-order valence-electron chi connectivity index (χ2n) is 3.92. The molecule has 0 bridgehead atoms. The monoisotopic (exact) mass is 242 g/mol. The highest BCUT2D eigenvalue weighted by molar-refractivity contribution is 6.31. The van der Waals surface area contributed by atoms with E-state index < -0.39 is 0 Å². The Bertz CT molecular complexity index is 373. The Balaban J connectivity index is 2.19. The molecule has 1 saturated heterocycles. The van der Waals surface area contributed by atoms with Crippen molar-refractivity contribution in [1.29, 1.82) is 0 Å². The highest BCUT2D eigenvalue weighted by Crippen LogP contribution is 2.21. The van der Waals surface area contributed by atoms with Gasteiger partial charge in [-0.2, -0.15) is 0 Å². The summed E-state index contributed by atoms with van der Waals surface area (Å²) in [6.07, 6.45) is 1.80. The maximum Gasteiger partial charge on any atom is 0.129 e. The van der Waals surface area contributed by atoms with Crippen molar-refractivity contribution in [2.75, 3.05) is 24.6 Å². The summed E-state index contributed by atoms with van der Waals surface area (Å²) in [6, 6.07) is 1.83. The number of anilines is 1. The second-order valence-corrected chi connectivity index (χ2v) is 4.33. The van der Waals surface area contributed by atoms with E-state index in [1.807, 2.05) is 13.0 Å². The van der Waals surface area contributed by atoms with E-state index in [2.05, 4.69) is 9.88 Å². The fraction of sp³-hybridized carbons (Fsp3) is 0.545. The lowest BCUT2D eigenvalue weighted by Gasteiger charge is -2.32. The molecule has 4 nitrogen and oxygen atoms in total. The van der Waals surface area contributed by atoms with E-state index in [4.69, 9.17) is 21.4 Å². The zero-order chi connectivity index (χ0) is 11.5. The number of rotatable bonds is 2. The fourth-order valence-corrected chi connectivity index (χ4v) is 1.95. The average molecular weight is 243 g/mol. The van der Waals surface area contributed by atoms with Crippen LogP contribution in [0.2, 0.25) is 5.02 Å². The van der Waals surface area contributed by atoms with Gasteiger partial charge in [-0.05, 0) is 13.0 Å². The highest BCUT2D eigenvalue weighted by Gasteiger charge is 2.18. The average Bonchev–Trinajstić information content (AvgIpc) is 2.29. The van der Waals surface area contributed by atoms with Gasteiger partial charge in [-0.25, -0.2) is 4.98 Å². The molecule has 5 heteroatoms. The van der Waals surface area contributed by atoms with E-state index in [9.17, 15) is 0 Å². The molecule has 0 saturated carbocycles. The van der Waals surface area contributed by atoms with Gasteiger partial charge >= 0.3 is 0 Å². The third-order valence-corrected chi connectivity index (χ3v) is 3.00. The topological polar surface area (TPSA) is 45.6 Å². The van der Waals surface area contributed by atoms with E-state index in [-0.39, 0.29) is 12.7 Å². The van der Waals surface area contributed by atoms with Gasteiger partial charge in [0.2, 0.25) is 0 Å². The molecule has 88 valence electrons. The minimum atomic E-state index is -0.0613. The normalized spacial score (nSPS) is 21.2. The molecule has 1 unspecified atom stereocenters. The van der Waals surface area contributed by atoms with Gasteiger partial charge in [0.25, 0.3) is 0 Å². The van der Waals surface area contributed by atoms with Gasteiger partial charge in [-0.15, -0.1) is 0 Å². The van der Waals surface area contributed by atoms with Crippen LogP contribution in [0.3, 0.4) is 0 Å². The molecule has 1 atom stereocenters. The third kappa shape index (κ3) is 2.45. The van der Waals surface area contributed by atoms with Gasteiger partial charge in [0.15, 0.2) is 0 Å². The lowest BCUT2D eigenvalue weighted by molar-refractivity contribution is 0.0529. The Morgan fingerprint density at radius 3 is 3.19 bits per heavy atom. The highest BCUT2D eigenvalue weighted by atomic mass is 35.5. The Morgan fingerprint density at radius 1 is 1.69 bits per heavy atom. The van der Waals surface area contributed by atoms with Crippen LogP contribution in [0, 0.1) is 0 Å². The van der Waals surface area contributed by atoms with Gasteiger partial charge < -0.3 is 14.7 Å². The van der Waals surface area contributed by atoms with Crippen LogP contribution < -0.4 is 4.90 Å². The number of nitrogens with zero attached hydrogens (tertiary/aromatic N) is 2. The van der Waals surface area contributed by atoms with Crippen LogP contribution >= 0.6 is 11.6 Å². The minimum absolute atomic E-state index is 0.0613. The van der Waals surface area contributed by atoms with Crippen molar-refractivity contribution < 1.29 is 9.84 Å². The minimum Gasteiger partial charge on any atom is -0.392 e. The van der Waals surface area contributed by atoms with Gasteiger partial charge in [0.1, 0.15) is 5.82 Å². The van der Waals surface area contributed by atoms with E-state index in [1.165, 1.54) is 0 Å². The molecule has 1 fully saturated rings. The summed E-state index contributed by atoms with van der Waals surface area (Å²) in [7, 11) is 0. The van der Waals surface area contributed by atoms with Crippen molar-refractivity contribution >= 4 is 17.4 Å². The number of halogens is 1. The summed E-state index contributed by atoms with van der Waals surface area (Å²) in [5.41, 5.74) is 0.714. The van der Waals surface area contributed by atoms with Crippen LogP contribution in [0.15, 0.2) is 12.3 Å². The predicted octanol–water partition coefficient (Wildman–Crippen LogP) is 1.45. The van der Waals surface area contributed by atoms with Crippen LogP contribution in [-0.4, -0.2) is 35.9 Å². The van der Waals surface area contributed by atoms with E-state index >= 15 is 0 Å². The smallest absolute Gasteiger partial charge is 0.129 e. The van der Waals surface area contributed by atoms with Crippen molar-refractivity contribution in [3.05, 3.63) is 22.8 Å². The summed E-state index contributed by atoms with van der Waals surface area (Å²) >= 11 is 5.90. The SMILES string of the molecule is CC1CN(c2cc(CO)c(Cl)cn2)CCO1. The van der Waals surface area contributed by atoms with Crippen LogP contribution in [-0.2, 0) is 11.3 Å². The Morgan fingerprint density at radius 2 is 2.50 bits per heavy atom. The Hall–Kier alpha value is -0.840. The number of aliphatic hydroxyl groups is 1.